The summed E-state index contributed by atoms with van der Waals surface area (Å²) in [4.78, 5) is 14.0. The van der Waals surface area contributed by atoms with Crippen LogP contribution < -0.4 is 0 Å². The standard InChI is InChI=1S/C27H18N4/c1-3-13-23-19(9-1)20-10-2-4-14-24(20)31(23)25-15-18-30-27(22-12-6-8-17-29-22)26(25)21-11-5-7-16-28-21/h1-18H. The van der Waals surface area contributed by atoms with Gasteiger partial charge in [0.1, 0.15) is 5.69 Å². The fourth-order valence-corrected chi connectivity index (χ4v) is 4.28. The number of fused-ring (bicyclic) bond motifs is 3. The molecule has 31 heavy (non-hydrogen) atoms. The van der Waals surface area contributed by atoms with E-state index in [2.05, 4.69) is 69.1 Å². The number of pyridine rings is 3. The van der Waals surface area contributed by atoms with Crippen molar-refractivity contribution in [2.75, 3.05) is 0 Å². The van der Waals surface area contributed by atoms with Crippen LogP contribution in [-0.4, -0.2) is 19.5 Å². The smallest absolute Gasteiger partial charge is 0.100 e. The Morgan fingerprint density at radius 2 is 1.06 bits per heavy atom. The van der Waals surface area contributed by atoms with E-state index in [1.54, 1.807) is 6.20 Å². The summed E-state index contributed by atoms with van der Waals surface area (Å²) < 4.78 is 2.31. The van der Waals surface area contributed by atoms with E-state index < -0.39 is 0 Å². The van der Waals surface area contributed by atoms with Gasteiger partial charge in [-0.3, -0.25) is 15.0 Å². The van der Waals surface area contributed by atoms with Crippen molar-refractivity contribution in [1.82, 2.24) is 19.5 Å². The first-order valence-corrected chi connectivity index (χ1v) is 10.2. The molecular formula is C27H18N4. The molecule has 4 nitrogen and oxygen atoms in total. The second-order valence-corrected chi connectivity index (χ2v) is 7.35. The van der Waals surface area contributed by atoms with Crippen molar-refractivity contribution in [3.05, 3.63) is 110 Å². The number of para-hydroxylation sites is 2. The quantitative estimate of drug-likeness (QED) is 0.351. The number of hydrogen-bond acceptors (Lipinski definition) is 3. The minimum Gasteiger partial charge on any atom is -0.308 e. The van der Waals surface area contributed by atoms with Gasteiger partial charge in [0.15, 0.2) is 0 Å². The van der Waals surface area contributed by atoms with Gasteiger partial charge in [0.2, 0.25) is 0 Å². The molecule has 0 saturated carbocycles. The second kappa shape index (κ2) is 7.18. The average molecular weight is 398 g/mol. The molecule has 0 radical (unpaired) electrons. The molecule has 0 fully saturated rings. The first kappa shape index (κ1) is 17.5. The summed E-state index contributed by atoms with van der Waals surface area (Å²) in [6, 6.07) is 30.9. The van der Waals surface area contributed by atoms with Gasteiger partial charge < -0.3 is 4.57 Å². The maximum atomic E-state index is 4.74. The third-order valence-electron chi connectivity index (χ3n) is 5.58. The SMILES string of the molecule is c1ccc(-c2nccc(-n3c4ccccc4c4ccccc43)c2-c2ccccn2)nc1. The Morgan fingerprint density at radius 3 is 1.68 bits per heavy atom. The zero-order valence-electron chi connectivity index (χ0n) is 16.7. The molecule has 0 spiro atoms. The zero-order chi connectivity index (χ0) is 20.6. The summed E-state index contributed by atoms with van der Waals surface area (Å²) >= 11 is 0. The van der Waals surface area contributed by atoms with Gasteiger partial charge in [0, 0.05) is 29.4 Å². The molecule has 0 N–H and O–H groups in total. The van der Waals surface area contributed by atoms with E-state index >= 15 is 0 Å². The highest BCUT2D eigenvalue weighted by molar-refractivity contribution is 6.10. The molecular weight excluding hydrogens is 380 g/mol. The molecule has 0 aliphatic carbocycles. The van der Waals surface area contributed by atoms with Crippen molar-refractivity contribution in [2.45, 2.75) is 0 Å². The van der Waals surface area contributed by atoms with Crippen LogP contribution >= 0.6 is 0 Å². The summed E-state index contributed by atoms with van der Waals surface area (Å²) in [7, 11) is 0. The van der Waals surface area contributed by atoms with E-state index in [0.29, 0.717) is 0 Å². The molecule has 4 aromatic heterocycles. The topological polar surface area (TPSA) is 43.6 Å². The predicted octanol–water partition coefficient (Wildman–Crippen LogP) is 6.30. The number of rotatable bonds is 3. The molecule has 0 aliphatic rings. The maximum absolute atomic E-state index is 4.74. The molecule has 0 unspecified atom stereocenters. The lowest BCUT2D eigenvalue weighted by Gasteiger charge is -2.16. The van der Waals surface area contributed by atoms with E-state index in [4.69, 9.17) is 4.98 Å². The van der Waals surface area contributed by atoms with E-state index in [9.17, 15) is 0 Å². The first-order valence-electron chi connectivity index (χ1n) is 10.2. The van der Waals surface area contributed by atoms with Crippen molar-refractivity contribution in [3.8, 4) is 28.3 Å². The van der Waals surface area contributed by atoms with Gasteiger partial charge in [-0.25, -0.2) is 0 Å². The average Bonchev–Trinajstić information content (AvgIpc) is 3.19. The molecule has 0 atom stereocenters. The summed E-state index contributed by atoms with van der Waals surface area (Å²) in [5.41, 5.74) is 6.82. The van der Waals surface area contributed by atoms with Gasteiger partial charge in [-0.2, -0.15) is 0 Å². The minimum atomic E-state index is 0.818. The largest absolute Gasteiger partial charge is 0.308 e. The Kier molecular flexibility index (Phi) is 4.06. The Morgan fingerprint density at radius 1 is 0.484 bits per heavy atom. The lowest BCUT2D eigenvalue weighted by atomic mass is 10.0. The van der Waals surface area contributed by atoms with Crippen LogP contribution in [0.1, 0.15) is 0 Å². The molecule has 4 heterocycles. The van der Waals surface area contributed by atoms with E-state index in [-0.39, 0.29) is 0 Å². The minimum absolute atomic E-state index is 0.818. The fourth-order valence-electron chi connectivity index (χ4n) is 4.28. The van der Waals surface area contributed by atoms with Crippen LogP contribution in [-0.2, 0) is 0 Å². The molecule has 0 amide bonds. The number of nitrogens with zero attached hydrogens (tertiary/aromatic N) is 4. The molecule has 0 saturated heterocycles. The van der Waals surface area contributed by atoms with E-state index in [0.717, 1.165) is 39.4 Å². The highest BCUT2D eigenvalue weighted by Crippen LogP contribution is 2.38. The third kappa shape index (κ3) is 2.81. The number of benzene rings is 2. The Labute approximate surface area is 179 Å². The third-order valence-corrected chi connectivity index (χ3v) is 5.58. The summed E-state index contributed by atoms with van der Waals surface area (Å²) in [5.74, 6) is 0. The van der Waals surface area contributed by atoms with Crippen LogP contribution in [0.5, 0.6) is 0 Å². The van der Waals surface area contributed by atoms with Gasteiger partial charge >= 0.3 is 0 Å². The van der Waals surface area contributed by atoms with Crippen molar-refractivity contribution < 1.29 is 0 Å². The normalized spacial score (nSPS) is 11.2. The lowest BCUT2D eigenvalue weighted by Crippen LogP contribution is -2.02. The predicted molar refractivity (Wildman–Crippen MR) is 125 cm³/mol. The summed E-state index contributed by atoms with van der Waals surface area (Å²) in [5, 5.41) is 2.45. The van der Waals surface area contributed by atoms with Gasteiger partial charge in [-0.15, -0.1) is 0 Å². The van der Waals surface area contributed by atoms with Crippen molar-refractivity contribution in [3.63, 3.8) is 0 Å². The highest BCUT2D eigenvalue weighted by Gasteiger charge is 2.20. The molecule has 6 rings (SSSR count). The Balaban J connectivity index is 1.77. The van der Waals surface area contributed by atoms with Crippen LogP contribution in [0.15, 0.2) is 110 Å². The Bertz CT molecular complexity index is 1470. The second-order valence-electron chi connectivity index (χ2n) is 7.35. The van der Waals surface area contributed by atoms with Crippen molar-refractivity contribution >= 4 is 21.8 Å². The van der Waals surface area contributed by atoms with E-state index in [1.165, 1.54) is 10.8 Å². The van der Waals surface area contributed by atoms with Crippen LogP contribution in [0.4, 0.5) is 0 Å². The summed E-state index contributed by atoms with van der Waals surface area (Å²) in [6.07, 6.45) is 5.47. The highest BCUT2D eigenvalue weighted by atomic mass is 15.0. The van der Waals surface area contributed by atoms with Crippen molar-refractivity contribution in [2.24, 2.45) is 0 Å². The first-order chi connectivity index (χ1) is 15.4. The summed E-state index contributed by atoms with van der Waals surface area (Å²) in [6.45, 7) is 0. The van der Waals surface area contributed by atoms with Crippen LogP contribution in [0.25, 0.3) is 50.1 Å². The van der Waals surface area contributed by atoms with Gasteiger partial charge in [-0.1, -0.05) is 48.5 Å². The number of aromatic nitrogens is 4. The van der Waals surface area contributed by atoms with Gasteiger partial charge in [0.05, 0.1) is 33.7 Å². The van der Waals surface area contributed by atoms with Crippen LogP contribution in [0.3, 0.4) is 0 Å². The zero-order valence-corrected chi connectivity index (χ0v) is 16.7. The van der Waals surface area contributed by atoms with Gasteiger partial charge in [0.25, 0.3) is 0 Å². The fraction of sp³-hybridized carbons (Fsp3) is 0. The molecule has 2 aromatic carbocycles. The maximum Gasteiger partial charge on any atom is 0.100 e. The molecule has 0 aliphatic heterocycles. The monoisotopic (exact) mass is 398 g/mol. The molecule has 4 heteroatoms. The number of hydrogen-bond donors (Lipinski definition) is 0. The van der Waals surface area contributed by atoms with Gasteiger partial charge in [-0.05, 0) is 42.5 Å². The van der Waals surface area contributed by atoms with Crippen LogP contribution in [0, 0.1) is 0 Å². The molecule has 6 aromatic rings. The van der Waals surface area contributed by atoms with E-state index in [1.807, 2.05) is 48.8 Å². The van der Waals surface area contributed by atoms with Crippen LogP contribution in [0.2, 0.25) is 0 Å². The Hall–Kier alpha value is -4.31. The molecule has 146 valence electrons. The van der Waals surface area contributed by atoms with Crippen molar-refractivity contribution in [1.29, 1.82) is 0 Å². The lowest BCUT2D eigenvalue weighted by molar-refractivity contribution is 1.14. The molecule has 0 bridgehead atoms.